The number of carbonyl (C=O) groups is 1. The van der Waals surface area contributed by atoms with Gasteiger partial charge in [-0.1, -0.05) is 0 Å². The number of pyridine rings is 1. The van der Waals surface area contributed by atoms with E-state index in [1.165, 1.54) is 6.07 Å². The Morgan fingerprint density at radius 1 is 1.59 bits per heavy atom. The number of alkyl halides is 3. The van der Waals surface area contributed by atoms with Crippen molar-refractivity contribution in [1.29, 1.82) is 0 Å². The van der Waals surface area contributed by atoms with Crippen LogP contribution in [0.25, 0.3) is 0 Å². The maximum atomic E-state index is 13.4. The number of rotatable bonds is 4. The summed E-state index contributed by atoms with van der Waals surface area (Å²) in [6.45, 7) is 0. The molecule has 0 atom stereocenters. The Bertz CT molecular complexity index is 426. The molecule has 0 amide bonds. The van der Waals surface area contributed by atoms with E-state index in [1.54, 1.807) is 0 Å². The third-order valence-corrected chi connectivity index (χ3v) is 2.30. The van der Waals surface area contributed by atoms with Crippen LogP contribution >= 0.6 is 11.6 Å². The van der Waals surface area contributed by atoms with Crippen molar-refractivity contribution in [2.24, 2.45) is 0 Å². The highest BCUT2D eigenvalue weighted by Crippen LogP contribution is 2.24. The average molecular weight is 268 g/mol. The normalized spacial score (nSPS) is 10.7. The molecule has 0 radical (unpaired) electrons. The molecule has 1 rings (SSSR count). The van der Waals surface area contributed by atoms with Crippen molar-refractivity contribution in [3.8, 4) is 0 Å². The maximum Gasteiger partial charge on any atom is 0.311 e. The molecule has 0 fully saturated rings. The molecule has 7 heteroatoms. The maximum absolute atomic E-state index is 13.4. The molecule has 1 aromatic heterocycles. The molecule has 3 nitrogen and oxygen atoms in total. The van der Waals surface area contributed by atoms with E-state index in [1.807, 2.05) is 0 Å². The second-order valence-corrected chi connectivity index (χ2v) is 3.43. The van der Waals surface area contributed by atoms with Crippen LogP contribution < -0.4 is 0 Å². The zero-order valence-corrected chi connectivity index (χ0v) is 9.60. The predicted octanol–water partition coefficient (Wildman–Crippen LogP) is 2.61. The van der Waals surface area contributed by atoms with Gasteiger partial charge >= 0.3 is 5.97 Å². The van der Waals surface area contributed by atoms with Gasteiger partial charge in [0.15, 0.2) is 5.82 Å². The van der Waals surface area contributed by atoms with Crippen molar-refractivity contribution >= 4 is 17.6 Å². The van der Waals surface area contributed by atoms with Crippen LogP contribution in [0.3, 0.4) is 0 Å². The molecule has 0 bridgehead atoms. The van der Waals surface area contributed by atoms with Crippen molar-refractivity contribution in [2.45, 2.75) is 18.7 Å². The predicted molar refractivity (Wildman–Crippen MR) is 54.4 cm³/mol. The first-order chi connectivity index (χ1) is 7.99. The van der Waals surface area contributed by atoms with E-state index in [0.29, 0.717) is 0 Å². The minimum absolute atomic E-state index is 0.00389. The fourth-order valence-electron chi connectivity index (χ4n) is 1.22. The average Bonchev–Trinajstić information content (AvgIpc) is 2.30. The summed E-state index contributed by atoms with van der Waals surface area (Å²) in [6.07, 6.45) is -3.37. The summed E-state index contributed by atoms with van der Waals surface area (Å²) in [5.74, 6) is -2.06. The number of hydrogen-bond acceptors (Lipinski definition) is 3. The SMILES string of the molecule is COC(=O)Cc1cc(CCl)c(F)c(C(F)F)n1. The summed E-state index contributed by atoms with van der Waals surface area (Å²) in [5.41, 5.74) is -1.11. The van der Waals surface area contributed by atoms with Crippen molar-refractivity contribution in [3.63, 3.8) is 0 Å². The Kier molecular flexibility index (Phi) is 4.74. The Balaban J connectivity index is 3.15. The summed E-state index contributed by atoms with van der Waals surface area (Å²) in [4.78, 5) is 14.4. The minimum Gasteiger partial charge on any atom is -0.469 e. The van der Waals surface area contributed by atoms with Crippen LogP contribution in [-0.2, 0) is 21.8 Å². The fourth-order valence-corrected chi connectivity index (χ4v) is 1.41. The van der Waals surface area contributed by atoms with E-state index in [2.05, 4.69) is 9.72 Å². The number of aromatic nitrogens is 1. The lowest BCUT2D eigenvalue weighted by atomic mass is 10.1. The highest BCUT2D eigenvalue weighted by atomic mass is 35.5. The molecule has 0 saturated heterocycles. The van der Waals surface area contributed by atoms with Crippen molar-refractivity contribution in [1.82, 2.24) is 4.98 Å². The molecule has 0 aliphatic heterocycles. The van der Waals surface area contributed by atoms with Crippen LogP contribution in [0, 0.1) is 5.82 Å². The molecule has 1 heterocycles. The smallest absolute Gasteiger partial charge is 0.311 e. The summed E-state index contributed by atoms with van der Waals surface area (Å²) in [7, 11) is 1.16. The molecule has 0 unspecified atom stereocenters. The van der Waals surface area contributed by atoms with Crippen LogP contribution in [0.15, 0.2) is 6.07 Å². The molecule has 0 aromatic carbocycles. The molecule has 94 valence electrons. The summed E-state index contributed by atoms with van der Waals surface area (Å²) in [6, 6.07) is 1.17. The standard InChI is InChI=1S/C10H9ClF3NO2/c1-17-7(16)3-6-2-5(4-11)8(12)9(15-6)10(13)14/h2,10H,3-4H2,1H3. The fraction of sp³-hybridized carbons (Fsp3) is 0.400. The van der Waals surface area contributed by atoms with E-state index in [-0.39, 0.29) is 23.6 Å². The quantitative estimate of drug-likeness (QED) is 0.622. The first kappa shape index (κ1) is 13.8. The molecule has 17 heavy (non-hydrogen) atoms. The third-order valence-electron chi connectivity index (χ3n) is 2.02. The van der Waals surface area contributed by atoms with Gasteiger partial charge in [0.2, 0.25) is 0 Å². The Hall–Kier alpha value is -1.30. The molecular formula is C10H9ClF3NO2. The Morgan fingerprint density at radius 2 is 2.24 bits per heavy atom. The molecule has 0 spiro atoms. The summed E-state index contributed by atoms with van der Waals surface area (Å²) >= 11 is 5.42. The van der Waals surface area contributed by atoms with Crippen LogP contribution in [0.2, 0.25) is 0 Å². The van der Waals surface area contributed by atoms with E-state index in [9.17, 15) is 18.0 Å². The topological polar surface area (TPSA) is 39.2 Å². The lowest BCUT2D eigenvalue weighted by Crippen LogP contribution is -2.10. The second kappa shape index (κ2) is 5.86. The van der Waals surface area contributed by atoms with Gasteiger partial charge in [0, 0.05) is 5.56 Å². The van der Waals surface area contributed by atoms with Gasteiger partial charge in [-0.25, -0.2) is 18.2 Å². The Morgan fingerprint density at radius 3 is 2.71 bits per heavy atom. The molecule has 1 aromatic rings. The highest BCUT2D eigenvalue weighted by molar-refractivity contribution is 6.17. The number of carbonyl (C=O) groups excluding carboxylic acids is 1. The van der Waals surface area contributed by atoms with E-state index < -0.39 is 23.9 Å². The lowest BCUT2D eigenvalue weighted by Gasteiger charge is -2.08. The number of methoxy groups -OCH3 is 1. The first-order valence-electron chi connectivity index (χ1n) is 4.58. The highest BCUT2D eigenvalue weighted by Gasteiger charge is 2.20. The minimum atomic E-state index is -3.06. The molecular weight excluding hydrogens is 259 g/mol. The zero-order valence-electron chi connectivity index (χ0n) is 8.84. The summed E-state index contributed by atoms with van der Waals surface area (Å²) in [5, 5.41) is 0. The van der Waals surface area contributed by atoms with Crippen LogP contribution in [-0.4, -0.2) is 18.1 Å². The van der Waals surface area contributed by atoms with Gasteiger partial charge in [-0.2, -0.15) is 0 Å². The van der Waals surface area contributed by atoms with E-state index in [0.717, 1.165) is 7.11 Å². The van der Waals surface area contributed by atoms with Crippen molar-refractivity contribution in [2.75, 3.05) is 7.11 Å². The Labute approximate surface area is 101 Å². The van der Waals surface area contributed by atoms with Crippen molar-refractivity contribution in [3.05, 3.63) is 28.8 Å². The van der Waals surface area contributed by atoms with Crippen LogP contribution in [0.5, 0.6) is 0 Å². The van der Waals surface area contributed by atoms with Gasteiger partial charge in [-0.15, -0.1) is 11.6 Å². The lowest BCUT2D eigenvalue weighted by molar-refractivity contribution is -0.139. The van der Waals surface area contributed by atoms with Gasteiger partial charge in [-0.3, -0.25) is 4.79 Å². The monoisotopic (exact) mass is 267 g/mol. The molecule has 0 aliphatic rings. The van der Waals surface area contributed by atoms with E-state index in [4.69, 9.17) is 11.6 Å². The number of hydrogen-bond donors (Lipinski definition) is 0. The molecule has 0 N–H and O–H groups in total. The van der Waals surface area contributed by atoms with Gasteiger partial charge in [0.1, 0.15) is 5.69 Å². The van der Waals surface area contributed by atoms with Crippen LogP contribution in [0.4, 0.5) is 13.2 Å². The van der Waals surface area contributed by atoms with E-state index >= 15 is 0 Å². The van der Waals surface area contributed by atoms with Crippen LogP contribution in [0.1, 0.15) is 23.4 Å². The van der Waals surface area contributed by atoms with Gasteiger partial charge in [-0.05, 0) is 6.07 Å². The number of halogens is 4. The molecule has 0 aliphatic carbocycles. The zero-order chi connectivity index (χ0) is 13.0. The van der Waals surface area contributed by atoms with Gasteiger partial charge < -0.3 is 4.74 Å². The van der Waals surface area contributed by atoms with Gasteiger partial charge in [0.05, 0.1) is 25.1 Å². The summed E-state index contributed by atoms with van der Waals surface area (Å²) < 4.78 is 42.7. The third kappa shape index (κ3) is 3.33. The van der Waals surface area contributed by atoms with Crippen molar-refractivity contribution < 1.29 is 22.7 Å². The second-order valence-electron chi connectivity index (χ2n) is 3.16. The molecule has 0 saturated carbocycles. The van der Waals surface area contributed by atoms with Gasteiger partial charge in [0.25, 0.3) is 6.43 Å². The number of nitrogens with zero attached hydrogens (tertiary/aromatic N) is 1. The number of esters is 1. The number of ether oxygens (including phenoxy) is 1. The first-order valence-corrected chi connectivity index (χ1v) is 5.12. The largest absolute Gasteiger partial charge is 0.469 e.